The van der Waals surface area contributed by atoms with Gasteiger partial charge in [-0.1, -0.05) is 6.07 Å². The molecular weight excluding hydrogens is 263 g/mol. The van der Waals surface area contributed by atoms with E-state index >= 15 is 0 Å². The Bertz CT molecular complexity index is 452. The third kappa shape index (κ3) is 4.09. The number of aliphatic hydroxyl groups is 1. The third-order valence-corrected chi connectivity index (χ3v) is 3.02. The van der Waals surface area contributed by atoms with E-state index in [0.717, 1.165) is 12.8 Å². The molecule has 5 nitrogen and oxygen atoms in total. The highest BCUT2D eigenvalue weighted by atomic mass is 19.1. The highest BCUT2D eigenvalue weighted by Crippen LogP contribution is 2.27. The molecule has 0 heterocycles. The number of benzene rings is 1. The van der Waals surface area contributed by atoms with Crippen molar-refractivity contribution in [2.24, 2.45) is 0 Å². The number of rotatable bonds is 7. The van der Waals surface area contributed by atoms with Gasteiger partial charge in [0.05, 0.1) is 6.61 Å². The Morgan fingerprint density at radius 2 is 2.30 bits per heavy atom. The summed E-state index contributed by atoms with van der Waals surface area (Å²) in [7, 11) is 0. The predicted molar refractivity (Wildman–Crippen MR) is 73.7 cm³/mol. The van der Waals surface area contributed by atoms with Crippen LogP contribution in [0, 0.1) is 0 Å². The SMILES string of the molecule is O=C(Nc1cccc(OCCF)c1)N(CCO)C1CC1. The fraction of sp³-hybridized carbons (Fsp3) is 0.500. The minimum Gasteiger partial charge on any atom is -0.491 e. The van der Waals surface area contributed by atoms with Crippen molar-refractivity contribution >= 4 is 11.7 Å². The molecule has 2 rings (SSSR count). The number of nitrogens with zero attached hydrogens (tertiary/aromatic N) is 1. The van der Waals surface area contributed by atoms with Crippen LogP contribution in [0.2, 0.25) is 0 Å². The lowest BCUT2D eigenvalue weighted by molar-refractivity contribution is 0.185. The first-order valence-electron chi connectivity index (χ1n) is 6.72. The first kappa shape index (κ1) is 14.6. The van der Waals surface area contributed by atoms with Gasteiger partial charge in [0.1, 0.15) is 19.0 Å². The van der Waals surface area contributed by atoms with Crippen molar-refractivity contribution < 1.29 is 19.0 Å². The number of aliphatic hydroxyl groups excluding tert-OH is 1. The molecule has 110 valence electrons. The van der Waals surface area contributed by atoms with Gasteiger partial charge in [-0.25, -0.2) is 9.18 Å². The summed E-state index contributed by atoms with van der Waals surface area (Å²) in [4.78, 5) is 13.7. The van der Waals surface area contributed by atoms with E-state index < -0.39 is 6.67 Å². The van der Waals surface area contributed by atoms with Crippen LogP contribution in [-0.4, -0.2) is 48.5 Å². The molecule has 1 aliphatic carbocycles. The van der Waals surface area contributed by atoms with Crippen molar-refractivity contribution in [2.75, 3.05) is 31.7 Å². The summed E-state index contributed by atoms with van der Waals surface area (Å²) in [5, 5.41) is 11.8. The summed E-state index contributed by atoms with van der Waals surface area (Å²) < 4.78 is 17.2. The van der Waals surface area contributed by atoms with E-state index in [4.69, 9.17) is 9.84 Å². The Kier molecular flexibility index (Phi) is 5.17. The molecule has 0 saturated heterocycles. The topological polar surface area (TPSA) is 61.8 Å². The minimum absolute atomic E-state index is 0.00386. The molecule has 20 heavy (non-hydrogen) atoms. The Morgan fingerprint density at radius 1 is 1.50 bits per heavy atom. The van der Waals surface area contributed by atoms with Crippen molar-refractivity contribution in [3.8, 4) is 5.75 Å². The fourth-order valence-corrected chi connectivity index (χ4v) is 1.96. The lowest BCUT2D eigenvalue weighted by atomic mass is 10.3. The lowest BCUT2D eigenvalue weighted by Crippen LogP contribution is -2.38. The Morgan fingerprint density at radius 3 is 2.95 bits per heavy atom. The van der Waals surface area contributed by atoms with E-state index in [9.17, 15) is 9.18 Å². The summed E-state index contributed by atoms with van der Waals surface area (Å²) in [6.07, 6.45) is 1.96. The minimum atomic E-state index is -0.553. The second-order valence-electron chi connectivity index (χ2n) is 4.64. The van der Waals surface area contributed by atoms with E-state index in [1.807, 2.05) is 0 Å². The second kappa shape index (κ2) is 7.09. The molecule has 0 radical (unpaired) electrons. The van der Waals surface area contributed by atoms with Crippen LogP contribution in [0.5, 0.6) is 5.75 Å². The average molecular weight is 282 g/mol. The van der Waals surface area contributed by atoms with Crippen LogP contribution >= 0.6 is 0 Å². The van der Waals surface area contributed by atoms with E-state index in [-0.39, 0.29) is 25.3 Å². The van der Waals surface area contributed by atoms with Gasteiger partial charge in [-0.05, 0) is 25.0 Å². The third-order valence-electron chi connectivity index (χ3n) is 3.02. The molecule has 6 heteroatoms. The van der Waals surface area contributed by atoms with Gasteiger partial charge >= 0.3 is 6.03 Å². The number of nitrogens with one attached hydrogen (secondary N) is 1. The highest BCUT2D eigenvalue weighted by molar-refractivity contribution is 5.90. The number of hydrogen-bond acceptors (Lipinski definition) is 3. The van der Waals surface area contributed by atoms with E-state index in [1.165, 1.54) is 0 Å². The van der Waals surface area contributed by atoms with Crippen molar-refractivity contribution in [3.05, 3.63) is 24.3 Å². The molecule has 1 aromatic carbocycles. The lowest BCUT2D eigenvalue weighted by Gasteiger charge is -2.21. The summed E-state index contributed by atoms with van der Waals surface area (Å²) in [5.74, 6) is 0.514. The molecule has 1 aliphatic rings. The van der Waals surface area contributed by atoms with E-state index in [1.54, 1.807) is 29.2 Å². The summed E-state index contributed by atoms with van der Waals surface area (Å²) >= 11 is 0. The summed E-state index contributed by atoms with van der Waals surface area (Å²) in [6, 6.07) is 6.83. The first-order chi connectivity index (χ1) is 9.74. The number of carbonyl (C=O) groups is 1. The Hall–Kier alpha value is -1.82. The predicted octanol–water partition coefficient (Wildman–Crippen LogP) is 2.02. The molecule has 0 unspecified atom stereocenters. The van der Waals surface area contributed by atoms with Crippen LogP contribution in [0.4, 0.5) is 14.9 Å². The molecule has 1 aromatic rings. The zero-order valence-corrected chi connectivity index (χ0v) is 11.2. The number of amides is 2. The molecule has 2 N–H and O–H groups in total. The van der Waals surface area contributed by atoms with Gasteiger partial charge in [0.15, 0.2) is 0 Å². The molecule has 0 aromatic heterocycles. The Labute approximate surface area is 117 Å². The maximum atomic E-state index is 12.1. The molecule has 1 fully saturated rings. The van der Waals surface area contributed by atoms with Gasteiger partial charge < -0.3 is 20.1 Å². The smallest absolute Gasteiger partial charge is 0.322 e. The highest BCUT2D eigenvalue weighted by Gasteiger charge is 2.32. The Balaban J connectivity index is 1.95. The van der Waals surface area contributed by atoms with Gasteiger partial charge in [0, 0.05) is 24.3 Å². The molecular formula is C14H19FN2O3. The maximum absolute atomic E-state index is 12.1. The van der Waals surface area contributed by atoms with Crippen LogP contribution in [0.3, 0.4) is 0 Å². The number of urea groups is 1. The van der Waals surface area contributed by atoms with Crippen molar-refractivity contribution in [1.29, 1.82) is 0 Å². The van der Waals surface area contributed by atoms with Crippen LogP contribution in [-0.2, 0) is 0 Å². The quantitative estimate of drug-likeness (QED) is 0.804. The normalized spacial score (nSPS) is 13.9. The van der Waals surface area contributed by atoms with E-state index in [0.29, 0.717) is 18.0 Å². The van der Waals surface area contributed by atoms with Crippen LogP contribution in [0.15, 0.2) is 24.3 Å². The van der Waals surface area contributed by atoms with Crippen molar-refractivity contribution in [2.45, 2.75) is 18.9 Å². The van der Waals surface area contributed by atoms with Crippen LogP contribution < -0.4 is 10.1 Å². The molecule has 0 atom stereocenters. The molecule has 0 aliphatic heterocycles. The second-order valence-corrected chi connectivity index (χ2v) is 4.64. The maximum Gasteiger partial charge on any atom is 0.322 e. The number of carbonyl (C=O) groups excluding carboxylic acids is 1. The van der Waals surface area contributed by atoms with Crippen molar-refractivity contribution in [1.82, 2.24) is 4.90 Å². The molecule has 0 bridgehead atoms. The number of hydrogen-bond donors (Lipinski definition) is 2. The van der Waals surface area contributed by atoms with Crippen LogP contribution in [0.25, 0.3) is 0 Å². The standard InChI is InChI=1S/C14H19FN2O3/c15-6-9-20-13-3-1-2-11(10-13)16-14(19)17(7-8-18)12-4-5-12/h1-3,10,12,18H,4-9H2,(H,16,19). The van der Waals surface area contributed by atoms with Crippen LogP contribution in [0.1, 0.15) is 12.8 Å². The van der Waals surface area contributed by atoms with Gasteiger partial charge in [-0.2, -0.15) is 0 Å². The zero-order valence-electron chi connectivity index (χ0n) is 11.2. The molecule has 0 spiro atoms. The summed E-state index contributed by atoms with van der Waals surface area (Å²) in [6.45, 7) is -0.281. The molecule has 1 saturated carbocycles. The zero-order chi connectivity index (χ0) is 14.4. The van der Waals surface area contributed by atoms with Gasteiger partial charge in [-0.3, -0.25) is 0 Å². The van der Waals surface area contributed by atoms with Crippen molar-refractivity contribution in [3.63, 3.8) is 0 Å². The largest absolute Gasteiger partial charge is 0.491 e. The summed E-state index contributed by atoms with van der Waals surface area (Å²) in [5.41, 5.74) is 0.593. The average Bonchev–Trinajstić information content (AvgIpc) is 3.27. The number of anilines is 1. The monoisotopic (exact) mass is 282 g/mol. The molecule has 2 amide bonds. The fourth-order valence-electron chi connectivity index (χ4n) is 1.96. The van der Waals surface area contributed by atoms with E-state index in [2.05, 4.69) is 5.32 Å². The van der Waals surface area contributed by atoms with Gasteiger partial charge in [0.2, 0.25) is 0 Å². The number of ether oxygens (including phenoxy) is 1. The number of alkyl halides is 1. The van der Waals surface area contributed by atoms with Gasteiger partial charge in [-0.15, -0.1) is 0 Å². The van der Waals surface area contributed by atoms with Gasteiger partial charge in [0.25, 0.3) is 0 Å². The number of halogens is 1. The first-order valence-corrected chi connectivity index (χ1v) is 6.72.